The van der Waals surface area contributed by atoms with Gasteiger partial charge in [0, 0.05) is 25.2 Å². The van der Waals surface area contributed by atoms with Gasteiger partial charge in [0.05, 0.1) is 18.2 Å². The lowest BCUT2D eigenvalue weighted by Crippen LogP contribution is -2.41. The van der Waals surface area contributed by atoms with Gasteiger partial charge in [-0.2, -0.15) is 0 Å². The van der Waals surface area contributed by atoms with Gasteiger partial charge in [-0.15, -0.1) is 0 Å². The number of amides is 2. The number of rotatable bonds is 4. The number of nitrogens with one attached hydrogen (secondary N) is 2. The van der Waals surface area contributed by atoms with E-state index in [-0.39, 0.29) is 23.9 Å². The summed E-state index contributed by atoms with van der Waals surface area (Å²) < 4.78 is 0. The molecule has 1 aromatic rings. The first kappa shape index (κ1) is 16.0. The maximum Gasteiger partial charge on any atom is 0.237 e. The molecule has 0 bridgehead atoms. The number of nitrogens with zero attached hydrogens (tertiary/aromatic N) is 1. The smallest absolute Gasteiger partial charge is 0.237 e. The summed E-state index contributed by atoms with van der Waals surface area (Å²) in [5.41, 5.74) is 1.91. The van der Waals surface area contributed by atoms with Crippen LogP contribution >= 0.6 is 0 Å². The molecule has 1 aromatic carbocycles. The molecule has 6 nitrogen and oxygen atoms in total. The summed E-state index contributed by atoms with van der Waals surface area (Å²) in [5, 5.41) is 15.5. The molecule has 2 heterocycles. The maximum absolute atomic E-state index is 12.2. The molecule has 2 amide bonds. The minimum Gasteiger partial charge on any atom is -0.392 e. The molecule has 0 spiro atoms. The molecule has 0 aliphatic carbocycles. The first-order valence-electron chi connectivity index (χ1n) is 8.17. The number of anilines is 1. The van der Waals surface area contributed by atoms with Crippen LogP contribution in [0.4, 0.5) is 5.69 Å². The summed E-state index contributed by atoms with van der Waals surface area (Å²) in [6, 6.07) is 7.31. The molecule has 2 saturated heterocycles. The summed E-state index contributed by atoms with van der Waals surface area (Å²) in [6.07, 6.45) is 1.54. The van der Waals surface area contributed by atoms with Crippen LogP contribution in [0.25, 0.3) is 0 Å². The second-order valence-electron chi connectivity index (χ2n) is 6.32. The highest BCUT2D eigenvalue weighted by Gasteiger charge is 2.28. The normalized spacial score (nSPS) is 25.7. The predicted octanol–water partition coefficient (Wildman–Crippen LogP) is 0.713. The molecular weight excluding hydrogens is 294 g/mol. The fourth-order valence-corrected chi connectivity index (χ4v) is 3.18. The van der Waals surface area contributed by atoms with Crippen molar-refractivity contribution in [1.29, 1.82) is 0 Å². The number of aliphatic hydroxyl groups is 1. The third-order valence-corrected chi connectivity index (χ3v) is 4.56. The molecule has 0 aromatic heterocycles. The first-order valence-corrected chi connectivity index (χ1v) is 8.17. The largest absolute Gasteiger partial charge is 0.392 e. The number of β-amino-alcohol motifs (C(OH)–C–C–N with tert-alkyl or cyclic N) is 1. The van der Waals surface area contributed by atoms with E-state index >= 15 is 0 Å². The van der Waals surface area contributed by atoms with Crippen LogP contribution in [-0.2, 0) is 9.59 Å². The summed E-state index contributed by atoms with van der Waals surface area (Å²) in [7, 11) is 0. The Morgan fingerprint density at radius 3 is 2.70 bits per heavy atom. The summed E-state index contributed by atoms with van der Waals surface area (Å²) >= 11 is 0. The van der Waals surface area contributed by atoms with Crippen LogP contribution in [0.5, 0.6) is 0 Å². The van der Waals surface area contributed by atoms with E-state index in [1.54, 1.807) is 4.90 Å². The van der Waals surface area contributed by atoms with Crippen molar-refractivity contribution in [2.24, 2.45) is 0 Å². The minimum atomic E-state index is -0.446. The average molecular weight is 317 g/mol. The van der Waals surface area contributed by atoms with Crippen LogP contribution in [-0.4, -0.2) is 42.2 Å². The lowest BCUT2D eigenvalue weighted by molar-refractivity contribution is -0.123. The van der Waals surface area contributed by atoms with Crippen LogP contribution in [0.2, 0.25) is 0 Å². The molecule has 2 fully saturated rings. The molecule has 3 N–H and O–H groups in total. The second kappa shape index (κ2) is 6.68. The van der Waals surface area contributed by atoms with E-state index in [9.17, 15) is 14.7 Å². The third-order valence-electron chi connectivity index (χ3n) is 4.56. The van der Waals surface area contributed by atoms with Gasteiger partial charge in [0.1, 0.15) is 0 Å². The Kier molecular flexibility index (Phi) is 4.63. The zero-order valence-electron chi connectivity index (χ0n) is 13.3. The number of carbonyl (C=O) groups is 2. The highest BCUT2D eigenvalue weighted by molar-refractivity contribution is 5.95. The van der Waals surface area contributed by atoms with Crippen molar-refractivity contribution in [2.45, 2.75) is 44.4 Å². The van der Waals surface area contributed by atoms with Crippen LogP contribution in [0.1, 0.15) is 37.8 Å². The Bertz CT molecular complexity index is 587. The van der Waals surface area contributed by atoms with Gasteiger partial charge in [0.2, 0.25) is 11.8 Å². The van der Waals surface area contributed by atoms with E-state index in [1.165, 1.54) is 0 Å². The quantitative estimate of drug-likeness (QED) is 0.764. The van der Waals surface area contributed by atoms with Crippen molar-refractivity contribution in [1.82, 2.24) is 10.6 Å². The molecular formula is C17H23N3O3. The Morgan fingerprint density at radius 1 is 1.39 bits per heavy atom. The zero-order chi connectivity index (χ0) is 16.4. The first-order chi connectivity index (χ1) is 11.0. The number of hydrogen-bond acceptors (Lipinski definition) is 4. The van der Waals surface area contributed by atoms with Gasteiger partial charge in [0.15, 0.2) is 0 Å². The molecule has 124 valence electrons. The number of hydrogen-bond donors (Lipinski definition) is 3. The van der Waals surface area contributed by atoms with E-state index in [1.807, 2.05) is 31.2 Å². The minimum absolute atomic E-state index is 0.0900. The van der Waals surface area contributed by atoms with E-state index in [0.29, 0.717) is 19.4 Å². The highest BCUT2D eigenvalue weighted by Crippen LogP contribution is 2.23. The Balaban J connectivity index is 1.60. The Morgan fingerprint density at radius 2 is 2.13 bits per heavy atom. The SMILES string of the molecule is CC(NC(=O)C1CC(O)CN1)c1ccc(N2CCCC2=O)cc1. The van der Waals surface area contributed by atoms with Crippen molar-refractivity contribution in [2.75, 3.05) is 18.0 Å². The van der Waals surface area contributed by atoms with Gasteiger partial charge < -0.3 is 20.6 Å². The standard InChI is InChI=1S/C17H23N3O3/c1-11(19-17(23)15-9-14(21)10-18-15)12-4-6-13(7-5-12)20-8-2-3-16(20)22/h4-7,11,14-15,18,21H,2-3,8-10H2,1H3,(H,19,23). The predicted molar refractivity (Wildman–Crippen MR) is 87.0 cm³/mol. The van der Waals surface area contributed by atoms with E-state index in [0.717, 1.165) is 24.2 Å². The lowest BCUT2D eigenvalue weighted by atomic mass is 10.1. The zero-order valence-corrected chi connectivity index (χ0v) is 13.3. The van der Waals surface area contributed by atoms with Crippen LogP contribution < -0.4 is 15.5 Å². The number of aliphatic hydroxyl groups excluding tert-OH is 1. The second-order valence-corrected chi connectivity index (χ2v) is 6.32. The summed E-state index contributed by atoms with van der Waals surface area (Å²) in [6.45, 7) is 3.17. The summed E-state index contributed by atoms with van der Waals surface area (Å²) in [5.74, 6) is 0.0813. The highest BCUT2D eigenvalue weighted by atomic mass is 16.3. The molecule has 0 radical (unpaired) electrons. The molecule has 0 saturated carbocycles. The summed E-state index contributed by atoms with van der Waals surface area (Å²) in [4.78, 5) is 25.7. The molecule has 6 heteroatoms. The van der Waals surface area contributed by atoms with Gasteiger partial charge in [-0.25, -0.2) is 0 Å². The third kappa shape index (κ3) is 3.54. The lowest BCUT2D eigenvalue weighted by Gasteiger charge is -2.20. The molecule has 3 unspecified atom stereocenters. The van der Waals surface area contributed by atoms with E-state index in [4.69, 9.17) is 0 Å². The number of benzene rings is 1. The molecule has 3 rings (SSSR count). The van der Waals surface area contributed by atoms with Gasteiger partial charge in [-0.3, -0.25) is 9.59 Å². The van der Waals surface area contributed by atoms with Crippen LogP contribution in [0, 0.1) is 0 Å². The van der Waals surface area contributed by atoms with Crippen LogP contribution in [0.3, 0.4) is 0 Å². The molecule has 2 aliphatic rings. The Hall–Kier alpha value is -1.92. The van der Waals surface area contributed by atoms with Gasteiger partial charge in [0.25, 0.3) is 0 Å². The molecule has 2 aliphatic heterocycles. The fraction of sp³-hybridized carbons (Fsp3) is 0.529. The molecule has 3 atom stereocenters. The van der Waals surface area contributed by atoms with Gasteiger partial charge in [-0.1, -0.05) is 12.1 Å². The van der Waals surface area contributed by atoms with E-state index < -0.39 is 6.10 Å². The molecule has 23 heavy (non-hydrogen) atoms. The van der Waals surface area contributed by atoms with Crippen molar-refractivity contribution < 1.29 is 14.7 Å². The monoisotopic (exact) mass is 317 g/mol. The topological polar surface area (TPSA) is 81.7 Å². The van der Waals surface area contributed by atoms with Crippen molar-refractivity contribution in [3.63, 3.8) is 0 Å². The van der Waals surface area contributed by atoms with Crippen molar-refractivity contribution in [3.05, 3.63) is 29.8 Å². The van der Waals surface area contributed by atoms with Crippen LogP contribution in [0.15, 0.2) is 24.3 Å². The van der Waals surface area contributed by atoms with Gasteiger partial charge >= 0.3 is 0 Å². The van der Waals surface area contributed by atoms with E-state index in [2.05, 4.69) is 10.6 Å². The van der Waals surface area contributed by atoms with Gasteiger partial charge in [-0.05, 0) is 37.5 Å². The number of carbonyl (C=O) groups excluding carboxylic acids is 2. The maximum atomic E-state index is 12.2. The fourth-order valence-electron chi connectivity index (χ4n) is 3.18. The average Bonchev–Trinajstić information content (AvgIpc) is 3.16. The Labute approximate surface area is 135 Å². The van der Waals surface area contributed by atoms with Crippen molar-refractivity contribution >= 4 is 17.5 Å². The van der Waals surface area contributed by atoms with Crippen molar-refractivity contribution in [3.8, 4) is 0 Å².